The molecule has 2 heterocycles. The third-order valence-corrected chi connectivity index (χ3v) is 5.35. The molecule has 164 valence electrons. The van der Waals surface area contributed by atoms with Crippen LogP contribution in [0.5, 0.6) is 5.75 Å². The highest BCUT2D eigenvalue weighted by atomic mass is 35.5. The molecule has 0 atom stereocenters. The number of hydrogen-bond donors (Lipinski definition) is 1. The Kier molecular flexibility index (Phi) is 6.53. The van der Waals surface area contributed by atoms with Crippen LogP contribution in [0.1, 0.15) is 33.1 Å². The van der Waals surface area contributed by atoms with Gasteiger partial charge in [0.1, 0.15) is 18.1 Å². The fourth-order valence-electron chi connectivity index (χ4n) is 3.17. The fraction of sp³-hybridized carbons (Fsp3) is 0.167. The van der Waals surface area contributed by atoms with Gasteiger partial charge in [-0.3, -0.25) is 9.48 Å². The molecular formula is C24H21Cl2N3O3. The Morgan fingerprint density at radius 1 is 1.03 bits per heavy atom. The number of rotatable bonds is 7. The second-order valence-electron chi connectivity index (χ2n) is 7.37. The second kappa shape index (κ2) is 9.51. The number of hydrogen-bond acceptors (Lipinski definition) is 4. The van der Waals surface area contributed by atoms with Crippen molar-refractivity contribution in [1.29, 1.82) is 0 Å². The molecule has 4 rings (SSSR count). The number of aryl methyl sites for hydroxylation is 2. The number of nitrogens with zero attached hydrogens (tertiary/aromatic N) is 2. The first-order chi connectivity index (χ1) is 15.4. The van der Waals surface area contributed by atoms with Gasteiger partial charge in [0.05, 0.1) is 6.54 Å². The minimum absolute atomic E-state index is 0.182. The molecule has 2 aromatic carbocycles. The molecule has 0 aliphatic heterocycles. The van der Waals surface area contributed by atoms with Crippen LogP contribution in [0.3, 0.4) is 0 Å². The Labute approximate surface area is 195 Å². The quantitative estimate of drug-likeness (QED) is 0.345. The van der Waals surface area contributed by atoms with Gasteiger partial charge in [0, 0.05) is 21.8 Å². The van der Waals surface area contributed by atoms with E-state index in [1.54, 1.807) is 24.3 Å². The van der Waals surface area contributed by atoms with Crippen molar-refractivity contribution in [3.8, 4) is 5.75 Å². The van der Waals surface area contributed by atoms with Crippen LogP contribution >= 0.6 is 23.2 Å². The molecule has 0 radical (unpaired) electrons. The van der Waals surface area contributed by atoms with Gasteiger partial charge in [-0.05, 0) is 67.4 Å². The van der Waals surface area contributed by atoms with Gasteiger partial charge in [-0.15, -0.1) is 0 Å². The predicted octanol–water partition coefficient (Wildman–Crippen LogP) is 6.28. The van der Waals surface area contributed by atoms with Crippen LogP contribution in [-0.4, -0.2) is 15.7 Å². The molecule has 2 aromatic heterocycles. The van der Waals surface area contributed by atoms with Crippen molar-refractivity contribution in [3.05, 3.63) is 99.1 Å². The summed E-state index contributed by atoms with van der Waals surface area (Å²) in [4.78, 5) is 12.6. The normalized spacial score (nSPS) is 10.9. The molecule has 6 nitrogen and oxygen atoms in total. The Balaban J connectivity index is 1.37. The number of furan rings is 1. The summed E-state index contributed by atoms with van der Waals surface area (Å²) in [6, 6.07) is 18.1. The highest BCUT2D eigenvalue weighted by molar-refractivity contribution is 6.30. The van der Waals surface area contributed by atoms with E-state index in [4.69, 9.17) is 32.4 Å². The third kappa shape index (κ3) is 5.33. The summed E-state index contributed by atoms with van der Waals surface area (Å²) in [6.07, 6.45) is 0. The maximum absolute atomic E-state index is 12.6. The molecule has 0 aliphatic carbocycles. The summed E-state index contributed by atoms with van der Waals surface area (Å²) in [6.45, 7) is 4.62. The number of nitrogens with one attached hydrogen (secondary N) is 1. The number of amides is 1. The van der Waals surface area contributed by atoms with Crippen molar-refractivity contribution >= 4 is 34.9 Å². The Hall–Kier alpha value is -3.22. The smallest absolute Gasteiger partial charge is 0.292 e. The minimum Gasteiger partial charge on any atom is -0.485 e. The van der Waals surface area contributed by atoms with E-state index >= 15 is 0 Å². The van der Waals surface area contributed by atoms with Crippen LogP contribution in [0.4, 0.5) is 5.82 Å². The van der Waals surface area contributed by atoms with E-state index in [9.17, 15) is 4.79 Å². The highest BCUT2D eigenvalue weighted by Gasteiger charge is 2.15. The van der Waals surface area contributed by atoms with Crippen LogP contribution in [0, 0.1) is 13.8 Å². The summed E-state index contributed by atoms with van der Waals surface area (Å²) in [5, 5.41) is 8.58. The first-order valence-corrected chi connectivity index (χ1v) is 10.7. The zero-order valence-corrected chi connectivity index (χ0v) is 19.1. The topological polar surface area (TPSA) is 69.3 Å². The molecular weight excluding hydrogens is 449 g/mol. The minimum atomic E-state index is -0.380. The van der Waals surface area contributed by atoms with Crippen LogP contribution in [-0.2, 0) is 13.2 Å². The monoisotopic (exact) mass is 469 g/mol. The van der Waals surface area contributed by atoms with Gasteiger partial charge in [-0.25, -0.2) is 0 Å². The van der Waals surface area contributed by atoms with E-state index in [2.05, 4.69) is 10.4 Å². The number of aromatic nitrogens is 2. The largest absolute Gasteiger partial charge is 0.485 e. The van der Waals surface area contributed by atoms with Crippen molar-refractivity contribution in [2.24, 2.45) is 0 Å². The van der Waals surface area contributed by atoms with Crippen molar-refractivity contribution in [1.82, 2.24) is 9.78 Å². The lowest BCUT2D eigenvalue weighted by atomic mass is 10.2. The van der Waals surface area contributed by atoms with Crippen LogP contribution < -0.4 is 10.1 Å². The summed E-state index contributed by atoms with van der Waals surface area (Å²) in [5.74, 6) is 1.50. The summed E-state index contributed by atoms with van der Waals surface area (Å²) in [7, 11) is 0. The van der Waals surface area contributed by atoms with Crippen LogP contribution in [0.25, 0.3) is 0 Å². The van der Waals surface area contributed by atoms with Crippen LogP contribution in [0.15, 0.2) is 65.1 Å². The van der Waals surface area contributed by atoms with Gasteiger partial charge < -0.3 is 14.5 Å². The van der Waals surface area contributed by atoms with Gasteiger partial charge >= 0.3 is 0 Å². The number of benzene rings is 2. The van der Waals surface area contributed by atoms with Crippen molar-refractivity contribution in [2.75, 3.05) is 5.32 Å². The zero-order valence-electron chi connectivity index (χ0n) is 17.6. The number of ether oxygens (including phenoxy) is 1. The first-order valence-electron chi connectivity index (χ1n) is 9.95. The highest BCUT2D eigenvalue weighted by Crippen LogP contribution is 2.23. The average Bonchev–Trinajstić information content (AvgIpc) is 3.36. The molecule has 32 heavy (non-hydrogen) atoms. The number of carbonyl (C=O) groups excluding carboxylic acids is 1. The van der Waals surface area contributed by atoms with E-state index in [0.717, 1.165) is 16.8 Å². The Morgan fingerprint density at radius 2 is 1.78 bits per heavy atom. The zero-order chi connectivity index (χ0) is 22.7. The Bertz CT molecular complexity index is 1250. The van der Waals surface area contributed by atoms with Crippen molar-refractivity contribution in [3.63, 3.8) is 0 Å². The molecule has 4 aromatic rings. The van der Waals surface area contributed by atoms with E-state index in [0.29, 0.717) is 33.9 Å². The van der Waals surface area contributed by atoms with E-state index in [1.165, 1.54) is 0 Å². The molecule has 1 N–H and O–H groups in total. The molecule has 0 unspecified atom stereocenters. The lowest BCUT2D eigenvalue weighted by Crippen LogP contribution is -2.12. The van der Waals surface area contributed by atoms with Gasteiger partial charge in [0.15, 0.2) is 11.6 Å². The maximum Gasteiger partial charge on any atom is 0.292 e. The first kappa shape index (κ1) is 22.0. The van der Waals surface area contributed by atoms with Crippen LogP contribution in [0.2, 0.25) is 10.0 Å². The van der Waals surface area contributed by atoms with E-state index in [1.807, 2.05) is 54.9 Å². The lowest BCUT2D eigenvalue weighted by molar-refractivity contribution is 0.0992. The molecule has 0 saturated heterocycles. The summed E-state index contributed by atoms with van der Waals surface area (Å²) >= 11 is 11.9. The van der Waals surface area contributed by atoms with E-state index in [-0.39, 0.29) is 18.3 Å². The number of carbonyl (C=O) groups is 1. The fourth-order valence-corrected chi connectivity index (χ4v) is 3.53. The molecule has 8 heteroatoms. The molecule has 0 saturated carbocycles. The van der Waals surface area contributed by atoms with Gasteiger partial charge in [0.25, 0.3) is 5.91 Å². The number of anilines is 1. The molecule has 0 aliphatic rings. The SMILES string of the molecule is Cc1cc(Cl)ccc1OCc1ccc(C(=O)Nc2cc(C)n(Cc3ccc(Cl)cc3)n2)o1. The summed E-state index contributed by atoms with van der Waals surface area (Å²) in [5.41, 5.74) is 2.90. The molecule has 1 amide bonds. The standard InChI is InChI=1S/C24H21Cl2N3O3/c1-15-11-19(26)7-9-21(15)31-14-20-8-10-22(32-20)24(30)27-23-12-16(2)29(28-23)13-17-3-5-18(25)6-4-17/h3-12H,13-14H2,1-2H3,(H,27,28,30). The molecule has 0 spiro atoms. The van der Waals surface area contributed by atoms with Crippen molar-refractivity contribution < 1.29 is 13.9 Å². The Morgan fingerprint density at radius 3 is 2.53 bits per heavy atom. The van der Waals surface area contributed by atoms with Gasteiger partial charge in [-0.2, -0.15) is 5.10 Å². The van der Waals surface area contributed by atoms with Gasteiger partial charge in [0.2, 0.25) is 0 Å². The molecule has 0 fully saturated rings. The molecule has 0 bridgehead atoms. The maximum atomic E-state index is 12.6. The lowest BCUT2D eigenvalue weighted by Gasteiger charge is -2.07. The number of halogens is 2. The van der Waals surface area contributed by atoms with Crippen molar-refractivity contribution in [2.45, 2.75) is 27.0 Å². The summed E-state index contributed by atoms with van der Waals surface area (Å²) < 4.78 is 13.2. The average molecular weight is 470 g/mol. The predicted molar refractivity (Wildman–Crippen MR) is 125 cm³/mol. The third-order valence-electron chi connectivity index (χ3n) is 4.86. The van der Waals surface area contributed by atoms with E-state index < -0.39 is 0 Å². The van der Waals surface area contributed by atoms with Gasteiger partial charge in [-0.1, -0.05) is 35.3 Å². The second-order valence-corrected chi connectivity index (χ2v) is 8.25.